The highest BCUT2D eigenvalue weighted by molar-refractivity contribution is 7.31. The first-order chi connectivity index (χ1) is 23.7. The SMILES string of the molecule is COc1c(C)cc(CCC(=O)OCCOp2oc3c(C(C)(C)C)cc(C(C)(C)C)cc3c3cc(C(C)(C)C)cc(C(C)(C)C)c3o2)cc1C(C)(C)C. The third-order valence-corrected chi connectivity index (χ3v) is 10.7. The highest BCUT2D eigenvalue weighted by atomic mass is 31.1. The van der Waals surface area contributed by atoms with Gasteiger partial charge in [0.05, 0.1) is 13.7 Å². The molecule has 0 amide bonds. The number of esters is 1. The van der Waals surface area contributed by atoms with E-state index in [9.17, 15) is 4.79 Å². The fourth-order valence-electron chi connectivity index (χ4n) is 6.46. The van der Waals surface area contributed by atoms with Crippen LogP contribution in [0.4, 0.5) is 0 Å². The lowest BCUT2D eigenvalue weighted by Gasteiger charge is -2.27. The van der Waals surface area contributed by atoms with Crippen LogP contribution in [0.5, 0.6) is 5.75 Å². The molecule has 0 unspecified atom stereocenters. The molecule has 6 nitrogen and oxygen atoms in total. The van der Waals surface area contributed by atoms with Crippen molar-refractivity contribution >= 4 is 36.1 Å². The quantitative estimate of drug-likeness (QED) is 0.133. The second-order valence-corrected chi connectivity index (χ2v) is 20.6. The van der Waals surface area contributed by atoms with Gasteiger partial charge in [-0.05, 0) is 74.8 Å². The summed E-state index contributed by atoms with van der Waals surface area (Å²) < 4.78 is 31.3. The van der Waals surface area contributed by atoms with Crippen molar-refractivity contribution in [2.24, 2.45) is 0 Å². The zero-order valence-corrected chi connectivity index (χ0v) is 36.1. The molecule has 52 heavy (non-hydrogen) atoms. The van der Waals surface area contributed by atoms with Crippen LogP contribution in [0.25, 0.3) is 21.9 Å². The number of fused-ring (bicyclic) bond motifs is 3. The molecule has 0 radical (unpaired) electrons. The Hall–Kier alpha value is -3.21. The van der Waals surface area contributed by atoms with Gasteiger partial charge in [0.2, 0.25) is 0 Å². The van der Waals surface area contributed by atoms with E-state index in [2.05, 4.69) is 140 Å². The van der Waals surface area contributed by atoms with Crippen molar-refractivity contribution < 1.29 is 27.2 Å². The van der Waals surface area contributed by atoms with Crippen LogP contribution in [0.2, 0.25) is 0 Å². The maximum atomic E-state index is 12.9. The molecule has 0 fully saturated rings. The Bertz CT molecular complexity index is 1870. The van der Waals surface area contributed by atoms with E-state index in [0.717, 1.165) is 55.5 Å². The van der Waals surface area contributed by atoms with Crippen molar-refractivity contribution in [3.63, 3.8) is 0 Å². The summed E-state index contributed by atoms with van der Waals surface area (Å²) in [5.41, 5.74) is 8.89. The molecule has 4 rings (SSSR count). The molecular formula is C45H65O6P. The van der Waals surface area contributed by atoms with Gasteiger partial charge >= 0.3 is 14.2 Å². The second-order valence-electron chi connectivity index (χ2n) is 19.5. The fraction of sp³-hybridized carbons (Fsp3) is 0.578. The summed E-state index contributed by atoms with van der Waals surface area (Å²) in [6.45, 7) is 35.6. The molecule has 0 bridgehead atoms. The zero-order chi connectivity index (χ0) is 39.2. The molecule has 0 saturated heterocycles. The number of rotatable bonds is 8. The minimum atomic E-state index is -1.88. The fourth-order valence-corrected chi connectivity index (χ4v) is 7.52. The highest BCUT2D eigenvalue weighted by Gasteiger charge is 2.29. The van der Waals surface area contributed by atoms with Crippen molar-refractivity contribution in [2.75, 3.05) is 20.3 Å². The molecule has 4 aromatic rings. The van der Waals surface area contributed by atoms with Crippen LogP contribution in [-0.4, -0.2) is 26.3 Å². The van der Waals surface area contributed by atoms with Gasteiger partial charge in [0, 0.05) is 33.9 Å². The lowest BCUT2D eigenvalue weighted by molar-refractivity contribution is -0.144. The molecular weight excluding hydrogens is 667 g/mol. The molecule has 0 aliphatic heterocycles. The molecule has 0 aliphatic carbocycles. The van der Waals surface area contributed by atoms with Crippen LogP contribution in [0.15, 0.2) is 44.8 Å². The van der Waals surface area contributed by atoms with Gasteiger partial charge in [-0.3, -0.25) is 9.32 Å². The van der Waals surface area contributed by atoms with E-state index < -0.39 is 8.24 Å². The van der Waals surface area contributed by atoms with Crippen molar-refractivity contribution in [3.05, 3.63) is 75.3 Å². The van der Waals surface area contributed by atoms with Gasteiger partial charge in [0.1, 0.15) is 23.5 Å². The molecule has 286 valence electrons. The molecule has 0 N–H and O–H groups in total. The summed E-state index contributed by atoms with van der Waals surface area (Å²) in [7, 11) is -0.168. The zero-order valence-electron chi connectivity index (χ0n) is 35.2. The summed E-state index contributed by atoms with van der Waals surface area (Å²) in [6.07, 6.45) is 0.854. The first kappa shape index (κ1) is 41.5. The lowest BCUT2D eigenvalue weighted by Crippen LogP contribution is -2.17. The van der Waals surface area contributed by atoms with Crippen molar-refractivity contribution in [2.45, 2.75) is 151 Å². The standard InChI is InChI=1S/C45H65O6P/c1-28-22-29(23-34(38(28)47-17)43(8,9)10)18-19-37(46)48-20-21-49-52-50-39-32(24-30(41(2,3)4)26-35(39)44(11,12)13)33-25-31(42(5,6)7)27-36(40(33)51-52)45(14,15)16/h22-27H,18-21H2,1-17H3. The monoisotopic (exact) mass is 732 g/mol. The number of methoxy groups -OCH3 is 1. The molecule has 0 aliphatic rings. The Morgan fingerprint density at radius 1 is 0.615 bits per heavy atom. The number of aryl methyl sites for hydroxylation is 2. The Morgan fingerprint density at radius 2 is 1.08 bits per heavy atom. The minimum absolute atomic E-state index is 0.0803. The second kappa shape index (κ2) is 14.9. The molecule has 3 aromatic carbocycles. The van der Waals surface area contributed by atoms with Crippen LogP contribution in [0.1, 0.15) is 149 Å². The number of carbonyl (C=O) groups excluding carboxylic acids is 1. The Kier molecular flexibility index (Phi) is 11.9. The first-order valence-electron chi connectivity index (χ1n) is 18.7. The Labute approximate surface area is 314 Å². The molecule has 0 spiro atoms. The third-order valence-electron chi connectivity index (χ3n) is 9.66. The van der Waals surface area contributed by atoms with Crippen molar-refractivity contribution in [1.29, 1.82) is 0 Å². The van der Waals surface area contributed by atoms with Gasteiger partial charge in [-0.25, -0.2) is 0 Å². The average molecular weight is 733 g/mol. The predicted octanol–water partition coefficient (Wildman–Crippen LogP) is 12.7. The van der Waals surface area contributed by atoms with Gasteiger partial charge in [0.25, 0.3) is 0 Å². The molecule has 1 aromatic heterocycles. The van der Waals surface area contributed by atoms with Crippen molar-refractivity contribution in [3.8, 4) is 5.75 Å². The van der Waals surface area contributed by atoms with E-state index in [1.165, 1.54) is 11.1 Å². The predicted molar refractivity (Wildman–Crippen MR) is 218 cm³/mol. The number of benzene rings is 3. The van der Waals surface area contributed by atoms with E-state index >= 15 is 0 Å². The summed E-state index contributed by atoms with van der Waals surface area (Å²) in [5, 5.41) is 2.04. The average Bonchev–Trinajstić information content (AvgIpc) is 3.15. The third kappa shape index (κ3) is 9.66. The van der Waals surface area contributed by atoms with Gasteiger partial charge in [-0.15, -0.1) is 0 Å². The summed E-state index contributed by atoms with van der Waals surface area (Å²) >= 11 is 0. The Balaban J connectivity index is 1.73. The van der Waals surface area contributed by atoms with Gasteiger partial charge in [-0.1, -0.05) is 128 Å². The van der Waals surface area contributed by atoms with Gasteiger partial charge in [0.15, 0.2) is 0 Å². The first-order valence-corrected chi connectivity index (χ1v) is 19.8. The summed E-state index contributed by atoms with van der Waals surface area (Å²) in [6, 6.07) is 13.4. The largest absolute Gasteiger partial charge is 0.496 e. The van der Waals surface area contributed by atoms with E-state index in [-0.39, 0.29) is 52.7 Å². The van der Waals surface area contributed by atoms with Crippen LogP contribution < -0.4 is 9.26 Å². The van der Waals surface area contributed by atoms with Crippen LogP contribution in [0.3, 0.4) is 0 Å². The maximum absolute atomic E-state index is 12.9. The molecule has 0 saturated carbocycles. The van der Waals surface area contributed by atoms with Crippen LogP contribution >= 0.6 is 8.24 Å². The number of carbonyl (C=O) groups is 1. The van der Waals surface area contributed by atoms with E-state index in [0.29, 0.717) is 6.42 Å². The Morgan fingerprint density at radius 3 is 1.48 bits per heavy atom. The number of hydrogen-bond donors (Lipinski definition) is 0. The van der Waals surface area contributed by atoms with Crippen LogP contribution in [-0.2, 0) is 43.0 Å². The van der Waals surface area contributed by atoms with E-state index in [1.807, 2.05) is 6.92 Å². The molecule has 7 heteroatoms. The normalized spacial score (nSPS) is 13.2. The topological polar surface area (TPSA) is 71.0 Å². The summed E-state index contributed by atoms with van der Waals surface area (Å²) in [5.74, 6) is 0.634. The van der Waals surface area contributed by atoms with E-state index in [4.69, 9.17) is 22.4 Å². The smallest absolute Gasteiger partial charge is 0.387 e. The number of ether oxygens (including phenoxy) is 2. The minimum Gasteiger partial charge on any atom is -0.496 e. The molecule has 1 heterocycles. The molecule has 0 atom stereocenters. The summed E-state index contributed by atoms with van der Waals surface area (Å²) in [4.78, 5) is 12.9. The van der Waals surface area contributed by atoms with Crippen molar-refractivity contribution in [1.82, 2.24) is 0 Å². The van der Waals surface area contributed by atoms with Gasteiger partial charge in [-0.2, -0.15) is 0 Å². The number of hydrogen-bond acceptors (Lipinski definition) is 6. The van der Waals surface area contributed by atoms with E-state index in [1.54, 1.807) is 7.11 Å². The lowest BCUT2D eigenvalue weighted by atomic mass is 9.77. The highest BCUT2D eigenvalue weighted by Crippen LogP contribution is 2.45. The van der Waals surface area contributed by atoms with Crippen LogP contribution in [0, 0.1) is 6.92 Å². The van der Waals surface area contributed by atoms with Gasteiger partial charge < -0.3 is 17.9 Å². The maximum Gasteiger partial charge on any atom is 0.387 e.